The first-order chi connectivity index (χ1) is 15.3. The largest absolute Gasteiger partial charge is 0.358 e. The summed E-state index contributed by atoms with van der Waals surface area (Å²) in [5, 5.41) is 5.84. The van der Waals surface area contributed by atoms with E-state index in [1.165, 1.54) is 0 Å². The lowest BCUT2D eigenvalue weighted by molar-refractivity contribution is -0.115. The van der Waals surface area contributed by atoms with E-state index in [1.54, 1.807) is 0 Å². The number of carbonyl (C=O) groups is 2. The minimum Gasteiger partial charge on any atom is -0.358 e. The number of fused-ring (bicyclic) bond motifs is 1. The average Bonchev–Trinajstić information content (AvgIpc) is 3.21. The van der Waals surface area contributed by atoms with Gasteiger partial charge in [-0.1, -0.05) is 12.2 Å². The fraction of sp³-hybridized carbons (Fsp3) is 0.500. The second-order valence-electron chi connectivity index (χ2n) is 8.88. The van der Waals surface area contributed by atoms with Gasteiger partial charge in [-0.25, -0.2) is 0 Å². The molecule has 0 bridgehead atoms. The van der Waals surface area contributed by atoms with Crippen LogP contribution in [-0.4, -0.2) is 78.3 Å². The Hall–Kier alpha value is -2.35. The number of aromatic nitrogens is 1. The van der Waals surface area contributed by atoms with Crippen LogP contribution in [0.4, 0.5) is 0 Å². The number of carbonyl (C=O) groups excluding carboxylic acids is 2. The van der Waals surface area contributed by atoms with E-state index in [4.69, 9.17) is 11.6 Å². The molecular formula is C24H32ClN5O2. The summed E-state index contributed by atoms with van der Waals surface area (Å²) in [5.74, 6) is -0.219. The molecule has 4 rings (SSSR count). The van der Waals surface area contributed by atoms with Crippen LogP contribution in [0.15, 0.2) is 29.0 Å². The van der Waals surface area contributed by atoms with E-state index in [0.29, 0.717) is 24.1 Å². The van der Waals surface area contributed by atoms with Crippen LogP contribution in [0.3, 0.4) is 0 Å². The number of H-pyrrole nitrogens is 1. The molecule has 172 valence electrons. The number of nitrogens with one attached hydrogen (secondary N) is 3. The van der Waals surface area contributed by atoms with E-state index in [-0.39, 0.29) is 17.2 Å². The minimum atomic E-state index is -0.144. The zero-order valence-electron chi connectivity index (χ0n) is 19.1. The third kappa shape index (κ3) is 4.85. The molecule has 1 aromatic heterocycles. The smallest absolute Gasteiger partial charge is 0.256 e. The summed E-state index contributed by atoms with van der Waals surface area (Å²) in [6, 6.07) is 0. The highest BCUT2D eigenvalue weighted by molar-refractivity contribution is 6.22. The second kappa shape index (κ2) is 9.65. The summed E-state index contributed by atoms with van der Waals surface area (Å²) in [6.07, 6.45) is 7.33. The van der Waals surface area contributed by atoms with Crippen molar-refractivity contribution in [3.8, 4) is 0 Å². The molecular weight excluding hydrogens is 426 g/mol. The normalized spacial score (nSPS) is 23.1. The van der Waals surface area contributed by atoms with Gasteiger partial charge in [-0.3, -0.25) is 9.59 Å². The van der Waals surface area contributed by atoms with Gasteiger partial charge in [-0.05, 0) is 51.9 Å². The lowest BCUT2D eigenvalue weighted by Crippen LogP contribution is -2.45. The number of piperazine rings is 1. The highest BCUT2D eigenvalue weighted by Crippen LogP contribution is 2.33. The predicted molar refractivity (Wildman–Crippen MR) is 128 cm³/mol. The van der Waals surface area contributed by atoms with Gasteiger partial charge in [0, 0.05) is 55.4 Å². The molecule has 1 aromatic rings. The molecule has 3 aliphatic rings. The fourth-order valence-corrected chi connectivity index (χ4v) is 4.77. The van der Waals surface area contributed by atoms with Crippen LogP contribution >= 0.6 is 11.6 Å². The zero-order chi connectivity index (χ0) is 22.8. The van der Waals surface area contributed by atoms with Crippen LogP contribution in [0.5, 0.6) is 0 Å². The maximum atomic E-state index is 12.9. The molecule has 0 radical (unpaired) electrons. The molecule has 0 spiro atoms. The fourth-order valence-electron chi connectivity index (χ4n) is 4.56. The number of aromatic amines is 1. The molecule has 1 aliphatic carbocycles. The van der Waals surface area contributed by atoms with Crippen LogP contribution in [0, 0.1) is 13.8 Å². The highest BCUT2D eigenvalue weighted by Gasteiger charge is 2.30. The first-order valence-corrected chi connectivity index (χ1v) is 11.7. The maximum Gasteiger partial charge on any atom is 0.256 e. The quantitative estimate of drug-likeness (QED) is 0.348. The van der Waals surface area contributed by atoms with Crippen molar-refractivity contribution in [3.05, 3.63) is 51.5 Å². The molecule has 8 heteroatoms. The monoisotopic (exact) mass is 457 g/mol. The number of aryl methyl sites for hydroxylation is 1. The molecule has 3 heterocycles. The molecule has 2 saturated heterocycles. The minimum absolute atomic E-state index is 0.0755. The molecule has 2 amide bonds. The molecule has 1 atom stereocenters. The van der Waals surface area contributed by atoms with E-state index in [1.807, 2.05) is 32.1 Å². The molecule has 2 fully saturated rings. The predicted octanol–water partition coefficient (Wildman–Crippen LogP) is 2.33. The summed E-state index contributed by atoms with van der Waals surface area (Å²) < 4.78 is 0. The van der Waals surface area contributed by atoms with Gasteiger partial charge in [-0.2, -0.15) is 0 Å². The number of likely N-dealkylation sites (N-methyl/N-ethyl adjacent to an activating group) is 1. The summed E-state index contributed by atoms with van der Waals surface area (Å²) in [7, 11) is 2.15. The van der Waals surface area contributed by atoms with Crippen LogP contribution in [0.1, 0.15) is 40.2 Å². The van der Waals surface area contributed by atoms with E-state index in [9.17, 15) is 9.59 Å². The first-order valence-electron chi connectivity index (χ1n) is 11.3. The summed E-state index contributed by atoms with van der Waals surface area (Å²) >= 11 is 6.26. The topological polar surface area (TPSA) is 80.5 Å². The van der Waals surface area contributed by atoms with Crippen molar-refractivity contribution in [1.82, 2.24) is 25.4 Å². The molecule has 3 N–H and O–H groups in total. The van der Waals surface area contributed by atoms with Crippen LogP contribution in [0.25, 0.3) is 6.08 Å². The lowest BCUT2D eigenvalue weighted by atomic mass is 9.98. The molecule has 0 saturated carbocycles. The Morgan fingerprint density at radius 2 is 2.03 bits per heavy atom. The molecule has 32 heavy (non-hydrogen) atoms. The van der Waals surface area contributed by atoms with Crippen LogP contribution < -0.4 is 10.6 Å². The Bertz CT molecular complexity index is 998. The molecule has 7 nitrogen and oxygen atoms in total. The highest BCUT2D eigenvalue weighted by atomic mass is 35.5. The summed E-state index contributed by atoms with van der Waals surface area (Å²) in [6.45, 7) is 9.83. The Kier molecular flexibility index (Phi) is 6.88. The second-order valence-corrected chi connectivity index (χ2v) is 9.44. The Balaban J connectivity index is 1.40. The van der Waals surface area contributed by atoms with Crippen LogP contribution in [0.2, 0.25) is 0 Å². The van der Waals surface area contributed by atoms with Gasteiger partial charge in [0.05, 0.1) is 16.5 Å². The van der Waals surface area contributed by atoms with Crippen LogP contribution in [-0.2, 0) is 4.79 Å². The van der Waals surface area contributed by atoms with Crippen molar-refractivity contribution in [2.75, 3.05) is 46.3 Å². The van der Waals surface area contributed by atoms with E-state index < -0.39 is 0 Å². The third-order valence-corrected chi connectivity index (χ3v) is 6.80. The van der Waals surface area contributed by atoms with Gasteiger partial charge < -0.3 is 25.4 Å². The van der Waals surface area contributed by atoms with Crippen molar-refractivity contribution < 1.29 is 9.59 Å². The first kappa shape index (κ1) is 22.8. The number of halogens is 1. The average molecular weight is 458 g/mol. The number of hydrogen-bond donors (Lipinski definition) is 3. The van der Waals surface area contributed by atoms with Crippen molar-refractivity contribution in [3.63, 3.8) is 0 Å². The molecule has 1 unspecified atom stereocenters. The van der Waals surface area contributed by atoms with Gasteiger partial charge in [0.25, 0.3) is 11.8 Å². The third-order valence-electron chi connectivity index (χ3n) is 6.49. The molecule has 0 aromatic carbocycles. The van der Waals surface area contributed by atoms with Crippen molar-refractivity contribution in [1.29, 1.82) is 0 Å². The lowest BCUT2D eigenvalue weighted by Gasteiger charge is -2.32. The maximum absolute atomic E-state index is 12.9. The van der Waals surface area contributed by atoms with Gasteiger partial charge in [0.1, 0.15) is 0 Å². The number of rotatable bonds is 6. The Morgan fingerprint density at radius 3 is 2.78 bits per heavy atom. The van der Waals surface area contributed by atoms with Gasteiger partial charge in [0.15, 0.2) is 0 Å². The number of allylic oxidation sites excluding steroid dienone is 3. The number of nitrogens with zero attached hydrogens (tertiary/aromatic N) is 2. The van der Waals surface area contributed by atoms with E-state index in [0.717, 1.165) is 67.4 Å². The Labute approximate surface area is 194 Å². The standard InChI is InChI=1S/C24H32ClN5O2/c1-15-21(14-19-18-13-17(25)5-6-20(18)28-23(19)31)27-16(2)22(15)24(32)26-7-4-8-30-11-9-29(3)10-12-30/h6,13-14,17,27H,4-5,7-12H2,1-3H3,(H,26,32)(H,28,31)/b19-14-. The molecule has 2 aliphatic heterocycles. The van der Waals surface area contributed by atoms with Crippen molar-refractivity contribution in [2.24, 2.45) is 0 Å². The summed E-state index contributed by atoms with van der Waals surface area (Å²) in [4.78, 5) is 33.5. The number of amides is 2. The van der Waals surface area contributed by atoms with E-state index >= 15 is 0 Å². The van der Waals surface area contributed by atoms with E-state index in [2.05, 4.69) is 32.5 Å². The SMILES string of the molecule is Cc1[nH]c(/C=C2\C(=O)NC3=CCC(Cl)C=C32)c(C)c1C(=O)NCCCN1CCN(C)CC1. The number of alkyl halides is 1. The van der Waals surface area contributed by atoms with Gasteiger partial charge >= 0.3 is 0 Å². The van der Waals surface area contributed by atoms with Gasteiger partial charge in [0.2, 0.25) is 0 Å². The van der Waals surface area contributed by atoms with Crippen molar-refractivity contribution in [2.45, 2.75) is 32.1 Å². The summed E-state index contributed by atoms with van der Waals surface area (Å²) in [5.41, 5.74) is 5.29. The Morgan fingerprint density at radius 1 is 1.28 bits per heavy atom. The van der Waals surface area contributed by atoms with Gasteiger partial charge in [-0.15, -0.1) is 11.6 Å². The van der Waals surface area contributed by atoms with Crippen molar-refractivity contribution >= 4 is 29.5 Å². The number of hydrogen-bond acceptors (Lipinski definition) is 4. The zero-order valence-corrected chi connectivity index (χ0v) is 19.8.